The molecule has 1 amide bonds. The van der Waals surface area contributed by atoms with E-state index in [2.05, 4.69) is 0 Å². The number of aryl methyl sites for hydroxylation is 1. The maximum atomic E-state index is 13.7. The Hall–Kier alpha value is -2.20. The SMILES string of the molecule is CC(C)(O)CCc1cccc(C(=O)N2CCCCC2c2cccc(F)c2)c1. The van der Waals surface area contributed by atoms with E-state index < -0.39 is 5.60 Å². The first-order chi connectivity index (χ1) is 12.8. The van der Waals surface area contributed by atoms with Gasteiger partial charge in [0.1, 0.15) is 5.82 Å². The van der Waals surface area contributed by atoms with Crippen molar-refractivity contribution in [1.82, 2.24) is 4.90 Å². The number of carbonyl (C=O) groups is 1. The lowest BCUT2D eigenvalue weighted by Gasteiger charge is -2.36. The molecule has 3 rings (SSSR count). The molecule has 0 spiro atoms. The molecule has 1 atom stereocenters. The molecular formula is C23H28FNO2. The van der Waals surface area contributed by atoms with Crippen LogP contribution in [-0.2, 0) is 6.42 Å². The fourth-order valence-corrected chi connectivity index (χ4v) is 3.71. The van der Waals surface area contributed by atoms with Gasteiger partial charge in [-0.15, -0.1) is 0 Å². The smallest absolute Gasteiger partial charge is 0.254 e. The van der Waals surface area contributed by atoms with Crippen molar-refractivity contribution in [3.05, 3.63) is 71.0 Å². The molecule has 1 fully saturated rings. The number of likely N-dealkylation sites (tertiary alicyclic amines) is 1. The van der Waals surface area contributed by atoms with Gasteiger partial charge in [0.15, 0.2) is 0 Å². The third-order valence-electron chi connectivity index (χ3n) is 5.20. The Bertz CT molecular complexity index is 797. The lowest BCUT2D eigenvalue weighted by atomic mass is 9.93. The summed E-state index contributed by atoms with van der Waals surface area (Å²) in [5.41, 5.74) is 1.84. The van der Waals surface area contributed by atoms with Gasteiger partial charge in [-0.05, 0) is 81.3 Å². The van der Waals surface area contributed by atoms with Crippen LogP contribution in [0, 0.1) is 5.82 Å². The summed E-state index contributed by atoms with van der Waals surface area (Å²) in [6.45, 7) is 4.27. The van der Waals surface area contributed by atoms with Crippen molar-refractivity contribution in [2.45, 2.75) is 57.6 Å². The van der Waals surface area contributed by atoms with Crippen LogP contribution < -0.4 is 0 Å². The van der Waals surface area contributed by atoms with Crippen LogP contribution in [-0.4, -0.2) is 28.1 Å². The first-order valence-corrected chi connectivity index (χ1v) is 9.71. The second kappa shape index (κ2) is 8.22. The van der Waals surface area contributed by atoms with E-state index in [1.807, 2.05) is 35.2 Å². The van der Waals surface area contributed by atoms with E-state index in [-0.39, 0.29) is 17.8 Å². The number of rotatable bonds is 5. The molecule has 1 heterocycles. The average Bonchev–Trinajstić information content (AvgIpc) is 2.65. The number of piperidine rings is 1. The second-order valence-corrected chi connectivity index (χ2v) is 8.08. The minimum atomic E-state index is -0.727. The van der Waals surface area contributed by atoms with E-state index >= 15 is 0 Å². The van der Waals surface area contributed by atoms with Crippen molar-refractivity contribution in [1.29, 1.82) is 0 Å². The van der Waals surface area contributed by atoms with E-state index in [4.69, 9.17) is 0 Å². The van der Waals surface area contributed by atoms with E-state index in [1.165, 1.54) is 12.1 Å². The molecule has 1 N–H and O–H groups in total. The molecule has 0 radical (unpaired) electrons. The third-order valence-corrected chi connectivity index (χ3v) is 5.20. The maximum absolute atomic E-state index is 13.7. The van der Waals surface area contributed by atoms with Gasteiger partial charge in [-0.25, -0.2) is 4.39 Å². The Kier molecular flexibility index (Phi) is 5.95. The first kappa shape index (κ1) is 19.6. The Morgan fingerprint density at radius 1 is 1.19 bits per heavy atom. The van der Waals surface area contributed by atoms with Crippen molar-refractivity contribution in [3.8, 4) is 0 Å². The number of aliphatic hydroxyl groups is 1. The highest BCUT2D eigenvalue weighted by atomic mass is 19.1. The molecule has 3 nitrogen and oxygen atoms in total. The van der Waals surface area contributed by atoms with E-state index in [1.54, 1.807) is 19.9 Å². The highest BCUT2D eigenvalue weighted by Crippen LogP contribution is 2.32. The number of amides is 1. The van der Waals surface area contributed by atoms with Crippen LogP contribution in [0.4, 0.5) is 4.39 Å². The molecule has 1 saturated heterocycles. The number of halogens is 1. The Balaban J connectivity index is 1.80. The molecule has 144 valence electrons. The molecule has 2 aromatic carbocycles. The predicted octanol–water partition coefficient (Wildman–Crippen LogP) is 4.90. The lowest BCUT2D eigenvalue weighted by Crippen LogP contribution is -2.38. The molecule has 0 bridgehead atoms. The average molecular weight is 369 g/mol. The van der Waals surface area contributed by atoms with Gasteiger partial charge in [0.2, 0.25) is 0 Å². The summed E-state index contributed by atoms with van der Waals surface area (Å²) < 4.78 is 13.7. The zero-order valence-corrected chi connectivity index (χ0v) is 16.1. The quantitative estimate of drug-likeness (QED) is 0.815. The normalized spacial score (nSPS) is 17.8. The Morgan fingerprint density at radius 2 is 1.96 bits per heavy atom. The zero-order chi connectivity index (χ0) is 19.4. The number of hydrogen-bond acceptors (Lipinski definition) is 2. The van der Waals surface area contributed by atoms with Crippen LogP contribution in [0.5, 0.6) is 0 Å². The summed E-state index contributed by atoms with van der Waals surface area (Å²) in [4.78, 5) is 15.1. The molecule has 0 aromatic heterocycles. The van der Waals surface area contributed by atoms with Crippen LogP contribution in [0.15, 0.2) is 48.5 Å². The standard InChI is InChI=1S/C23H28FNO2/c1-23(2,27)13-12-17-7-5-9-19(15-17)22(26)25-14-4-3-11-21(25)18-8-6-10-20(24)16-18/h5-10,15-16,21,27H,3-4,11-14H2,1-2H3. The molecule has 2 aromatic rings. The molecule has 0 saturated carbocycles. The monoisotopic (exact) mass is 369 g/mol. The van der Waals surface area contributed by atoms with Crippen molar-refractivity contribution in [2.24, 2.45) is 0 Å². The Labute approximate surface area is 160 Å². The van der Waals surface area contributed by atoms with Gasteiger partial charge >= 0.3 is 0 Å². The minimum absolute atomic E-state index is 0.00549. The van der Waals surface area contributed by atoms with Gasteiger partial charge in [-0.2, -0.15) is 0 Å². The number of carbonyl (C=O) groups excluding carboxylic acids is 1. The topological polar surface area (TPSA) is 40.5 Å². The fraction of sp³-hybridized carbons (Fsp3) is 0.435. The molecular weight excluding hydrogens is 341 g/mol. The van der Waals surface area contributed by atoms with Crippen LogP contribution in [0.1, 0.15) is 67.1 Å². The van der Waals surface area contributed by atoms with E-state index in [9.17, 15) is 14.3 Å². The van der Waals surface area contributed by atoms with Crippen LogP contribution >= 0.6 is 0 Å². The van der Waals surface area contributed by atoms with Gasteiger partial charge in [0, 0.05) is 12.1 Å². The summed E-state index contributed by atoms with van der Waals surface area (Å²) in [5, 5.41) is 9.94. The van der Waals surface area contributed by atoms with Crippen molar-refractivity contribution in [2.75, 3.05) is 6.54 Å². The maximum Gasteiger partial charge on any atom is 0.254 e. The summed E-state index contributed by atoms with van der Waals surface area (Å²) in [7, 11) is 0. The summed E-state index contributed by atoms with van der Waals surface area (Å²) in [5.74, 6) is -0.270. The van der Waals surface area contributed by atoms with Crippen LogP contribution in [0.2, 0.25) is 0 Å². The second-order valence-electron chi connectivity index (χ2n) is 8.08. The summed E-state index contributed by atoms with van der Waals surface area (Å²) >= 11 is 0. The van der Waals surface area contributed by atoms with Crippen molar-refractivity contribution in [3.63, 3.8) is 0 Å². The van der Waals surface area contributed by atoms with Crippen LogP contribution in [0.3, 0.4) is 0 Å². The lowest BCUT2D eigenvalue weighted by molar-refractivity contribution is 0.0611. The number of nitrogens with zero attached hydrogens (tertiary/aromatic N) is 1. The molecule has 1 aliphatic heterocycles. The van der Waals surface area contributed by atoms with E-state index in [0.717, 1.165) is 36.8 Å². The van der Waals surface area contributed by atoms with Crippen LogP contribution in [0.25, 0.3) is 0 Å². The highest BCUT2D eigenvalue weighted by molar-refractivity contribution is 5.94. The molecule has 27 heavy (non-hydrogen) atoms. The number of hydrogen-bond donors (Lipinski definition) is 1. The van der Waals surface area contributed by atoms with Crippen molar-refractivity contribution >= 4 is 5.91 Å². The zero-order valence-electron chi connectivity index (χ0n) is 16.1. The summed E-state index contributed by atoms with van der Waals surface area (Å²) in [6, 6.07) is 14.1. The third kappa shape index (κ3) is 5.16. The van der Waals surface area contributed by atoms with E-state index in [0.29, 0.717) is 18.5 Å². The first-order valence-electron chi connectivity index (χ1n) is 9.71. The highest BCUT2D eigenvalue weighted by Gasteiger charge is 2.29. The Morgan fingerprint density at radius 3 is 2.70 bits per heavy atom. The molecule has 1 aliphatic rings. The predicted molar refractivity (Wildman–Crippen MR) is 105 cm³/mol. The van der Waals surface area contributed by atoms with Crippen molar-refractivity contribution < 1.29 is 14.3 Å². The van der Waals surface area contributed by atoms with Gasteiger partial charge in [-0.1, -0.05) is 24.3 Å². The van der Waals surface area contributed by atoms with Gasteiger partial charge < -0.3 is 10.0 Å². The summed E-state index contributed by atoms with van der Waals surface area (Å²) in [6.07, 6.45) is 4.22. The number of benzene rings is 2. The van der Waals surface area contributed by atoms with Gasteiger partial charge in [-0.3, -0.25) is 4.79 Å². The largest absolute Gasteiger partial charge is 0.390 e. The van der Waals surface area contributed by atoms with Gasteiger partial charge in [0.25, 0.3) is 5.91 Å². The fourth-order valence-electron chi connectivity index (χ4n) is 3.71. The van der Waals surface area contributed by atoms with Gasteiger partial charge in [0.05, 0.1) is 11.6 Å². The molecule has 1 unspecified atom stereocenters. The minimum Gasteiger partial charge on any atom is -0.390 e. The molecule has 0 aliphatic carbocycles. The molecule has 4 heteroatoms.